The minimum absolute atomic E-state index is 0.833. The minimum Gasteiger partial charge on any atom is -0.481 e. The Morgan fingerprint density at radius 3 is 0.222 bits per heavy atom. The van der Waals surface area contributed by atoms with Crippen molar-refractivity contribution in [1.29, 1.82) is 0 Å². The Labute approximate surface area is 206 Å². The van der Waals surface area contributed by atoms with Crippen LogP contribution in [0, 0.1) is 0 Å². The average molecular weight is 540 g/mol. The summed E-state index contributed by atoms with van der Waals surface area (Å²) in [4.78, 5) is 81.0. The third-order valence-electron chi connectivity index (χ3n) is 0. The topological polar surface area (TPSA) is 336 Å². The van der Waals surface area contributed by atoms with Gasteiger partial charge in [-0.05, 0) is 0 Å². The van der Waals surface area contributed by atoms with Crippen LogP contribution in [0.15, 0.2) is 0 Å². The molecule has 0 heterocycles. The van der Waals surface area contributed by atoms with E-state index in [2.05, 4.69) is 0 Å². The zero-order valence-electron chi connectivity index (χ0n) is 21.2. The summed E-state index contributed by atoms with van der Waals surface area (Å²) in [5.41, 5.74) is 0. The van der Waals surface area contributed by atoms with Gasteiger partial charge in [0, 0.05) is 62.3 Å². The fraction of sp³-hybridized carbons (Fsp3) is 0.500. The van der Waals surface area contributed by atoms with E-state index < -0.39 is 53.7 Å². The molecule has 0 fully saturated rings. The number of carbonyl (C=O) groups is 9. The van der Waals surface area contributed by atoms with Crippen LogP contribution in [-0.2, 0) is 43.2 Å². The van der Waals surface area contributed by atoms with Crippen molar-refractivity contribution in [2.24, 2.45) is 0 Å². The second-order valence-corrected chi connectivity index (χ2v) is 4.67. The Morgan fingerprint density at radius 1 is 0.222 bits per heavy atom. The van der Waals surface area contributed by atoms with Crippen LogP contribution in [0.3, 0.4) is 0 Å². The van der Waals surface area contributed by atoms with Gasteiger partial charge < -0.3 is 46.0 Å². The highest BCUT2D eigenvalue weighted by Gasteiger charge is 1.68. The molecule has 0 aromatic rings. The molecule has 18 nitrogen and oxygen atoms in total. The number of rotatable bonds is 0. The summed E-state index contributed by atoms with van der Waals surface area (Å²) in [6, 6.07) is 0. The van der Waals surface area contributed by atoms with Crippen LogP contribution < -0.4 is 0 Å². The van der Waals surface area contributed by atoms with Gasteiger partial charge in [-0.3, -0.25) is 43.2 Å². The first-order chi connectivity index (χ1) is 15.6. The van der Waals surface area contributed by atoms with Gasteiger partial charge in [0.25, 0.3) is 53.7 Å². The van der Waals surface area contributed by atoms with Crippen molar-refractivity contribution in [3.05, 3.63) is 0 Å². The fourth-order valence-corrected chi connectivity index (χ4v) is 0. The number of hydrogen-bond donors (Lipinski definition) is 9. The molecule has 0 saturated heterocycles. The summed E-state index contributed by atoms with van der Waals surface area (Å²) in [5, 5.41) is 66.7. The molecule has 0 atom stereocenters. The minimum atomic E-state index is -0.833. The van der Waals surface area contributed by atoms with Crippen molar-refractivity contribution in [3.63, 3.8) is 0 Å². The summed E-state index contributed by atoms with van der Waals surface area (Å²) in [6.07, 6.45) is 0. The highest BCUT2D eigenvalue weighted by atomic mass is 16.4. The van der Waals surface area contributed by atoms with E-state index in [-0.39, 0.29) is 0 Å². The fourth-order valence-electron chi connectivity index (χ4n) is 0. The van der Waals surface area contributed by atoms with Gasteiger partial charge in [-0.2, -0.15) is 0 Å². The van der Waals surface area contributed by atoms with E-state index in [1.165, 1.54) is 0 Å². The summed E-state index contributed by atoms with van der Waals surface area (Å²) >= 11 is 0. The summed E-state index contributed by atoms with van der Waals surface area (Å²) in [5.74, 6) is -7.50. The second-order valence-electron chi connectivity index (χ2n) is 4.67. The van der Waals surface area contributed by atoms with Gasteiger partial charge in [0.05, 0.1) is 0 Å². The maximum atomic E-state index is 9.00. The third-order valence-corrected chi connectivity index (χ3v) is 0. The van der Waals surface area contributed by atoms with Gasteiger partial charge in [-0.1, -0.05) is 0 Å². The summed E-state index contributed by atoms with van der Waals surface area (Å²) in [6.45, 7) is 9.75. The molecule has 0 bridgehead atoms. The van der Waals surface area contributed by atoms with Crippen molar-refractivity contribution >= 4 is 53.7 Å². The molecule has 216 valence electrons. The van der Waals surface area contributed by atoms with E-state index in [0.29, 0.717) is 0 Å². The van der Waals surface area contributed by atoms with E-state index in [1.54, 1.807) is 0 Å². The first-order valence-electron chi connectivity index (χ1n) is 8.35. The standard InChI is InChI=1S/9C2H4O2/c9*1-2(3)4/h9*1H3,(H,3,4). The molecular weight excluding hydrogens is 504 g/mol. The van der Waals surface area contributed by atoms with Crippen LogP contribution in [-0.4, -0.2) is 99.7 Å². The monoisotopic (exact) mass is 540 g/mol. The van der Waals surface area contributed by atoms with Crippen LogP contribution in [0.5, 0.6) is 0 Å². The predicted molar refractivity (Wildman–Crippen MR) is 120 cm³/mol. The molecule has 0 spiro atoms. The molecule has 18 heteroatoms. The van der Waals surface area contributed by atoms with Crippen molar-refractivity contribution < 1.29 is 89.1 Å². The van der Waals surface area contributed by atoms with Crippen LogP contribution in [0.2, 0.25) is 0 Å². The zero-order valence-corrected chi connectivity index (χ0v) is 21.2. The summed E-state index contributed by atoms with van der Waals surface area (Å²) < 4.78 is 0. The zero-order chi connectivity index (χ0) is 32.2. The van der Waals surface area contributed by atoms with Crippen LogP contribution in [0.4, 0.5) is 0 Å². The summed E-state index contributed by atoms with van der Waals surface area (Å²) in [7, 11) is 0. The van der Waals surface area contributed by atoms with Gasteiger partial charge in [-0.15, -0.1) is 0 Å². The maximum Gasteiger partial charge on any atom is 0.300 e. The molecule has 0 unspecified atom stereocenters. The molecule has 0 aliphatic rings. The largest absolute Gasteiger partial charge is 0.481 e. The molecule has 36 heavy (non-hydrogen) atoms. The number of aliphatic carboxylic acids is 9. The van der Waals surface area contributed by atoms with E-state index in [1.807, 2.05) is 0 Å². The lowest BCUT2D eigenvalue weighted by atomic mass is 10.9. The Kier molecular flexibility index (Phi) is 83.8. The van der Waals surface area contributed by atoms with E-state index in [0.717, 1.165) is 62.3 Å². The van der Waals surface area contributed by atoms with Gasteiger partial charge in [0.2, 0.25) is 0 Å². The number of carboxylic acid groups (broad SMARTS) is 9. The SMILES string of the molecule is CC(=O)O.CC(=O)O.CC(=O)O.CC(=O)O.CC(=O)O.CC(=O)O.CC(=O)O.CC(=O)O.CC(=O)O. The molecule has 0 aromatic carbocycles. The molecular formula is C18H36O18. The Hall–Kier alpha value is -4.77. The molecule has 0 rings (SSSR count). The van der Waals surface area contributed by atoms with E-state index >= 15 is 0 Å². The Bertz CT molecular complexity index is 414. The Balaban J connectivity index is -0.0000000325. The maximum absolute atomic E-state index is 9.00. The van der Waals surface area contributed by atoms with Crippen molar-refractivity contribution in [2.45, 2.75) is 62.3 Å². The van der Waals surface area contributed by atoms with Crippen LogP contribution >= 0.6 is 0 Å². The lowest BCUT2D eigenvalue weighted by Crippen LogP contribution is -1.78. The second kappa shape index (κ2) is 52.3. The molecule has 9 N–H and O–H groups in total. The molecule has 0 amide bonds. The number of hydrogen-bond acceptors (Lipinski definition) is 9. The molecule has 0 aromatic heterocycles. The molecule has 0 saturated carbocycles. The normalized spacial score (nSPS) is 6.25. The van der Waals surface area contributed by atoms with Gasteiger partial charge in [0.15, 0.2) is 0 Å². The lowest BCUT2D eigenvalue weighted by Gasteiger charge is -1.59. The van der Waals surface area contributed by atoms with Gasteiger partial charge >= 0.3 is 0 Å². The smallest absolute Gasteiger partial charge is 0.300 e. The van der Waals surface area contributed by atoms with Crippen molar-refractivity contribution in [1.82, 2.24) is 0 Å². The lowest BCUT2D eigenvalue weighted by molar-refractivity contribution is -0.135. The van der Waals surface area contributed by atoms with Gasteiger partial charge in [-0.25, -0.2) is 0 Å². The van der Waals surface area contributed by atoms with Crippen molar-refractivity contribution in [2.75, 3.05) is 0 Å². The van der Waals surface area contributed by atoms with Crippen molar-refractivity contribution in [3.8, 4) is 0 Å². The average Bonchev–Trinajstić information content (AvgIpc) is 2.39. The highest BCUT2D eigenvalue weighted by Crippen LogP contribution is 1.45. The molecule has 0 aliphatic heterocycles. The van der Waals surface area contributed by atoms with E-state index in [4.69, 9.17) is 89.1 Å². The van der Waals surface area contributed by atoms with E-state index in [9.17, 15) is 0 Å². The molecule has 0 radical (unpaired) electrons. The van der Waals surface area contributed by atoms with Crippen LogP contribution in [0.1, 0.15) is 62.3 Å². The highest BCUT2D eigenvalue weighted by molar-refractivity contribution is 5.64. The quantitative estimate of drug-likeness (QED) is 0.205. The van der Waals surface area contributed by atoms with Crippen LogP contribution in [0.25, 0.3) is 0 Å². The molecule has 0 aliphatic carbocycles. The van der Waals surface area contributed by atoms with Gasteiger partial charge in [0.1, 0.15) is 0 Å². The predicted octanol–water partition coefficient (Wildman–Crippen LogP) is 0.818. The first-order valence-corrected chi connectivity index (χ1v) is 8.35. The first kappa shape index (κ1) is 57.8. The Morgan fingerprint density at radius 2 is 0.222 bits per heavy atom. The third kappa shape index (κ3) is 1020. The number of carboxylic acids is 9.